The molecule has 0 unspecified atom stereocenters. The Hall–Kier alpha value is -3.16. The molecule has 0 spiro atoms. The molecule has 2 N–H and O–H groups in total. The van der Waals surface area contributed by atoms with Crippen LogP contribution >= 0.6 is 0 Å². The summed E-state index contributed by atoms with van der Waals surface area (Å²) in [7, 11) is 3.73. The molecule has 0 atom stereocenters. The number of benzene rings is 1. The number of aliphatic imine (C=N–C) groups is 1. The summed E-state index contributed by atoms with van der Waals surface area (Å²) in [5, 5.41) is 15.2. The van der Waals surface area contributed by atoms with Gasteiger partial charge in [-0.1, -0.05) is 12.1 Å². The van der Waals surface area contributed by atoms with Gasteiger partial charge >= 0.3 is 0 Å². The van der Waals surface area contributed by atoms with Crippen molar-refractivity contribution in [3.8, 4) is 5.69 Å². The first-order valence-electron chi connectivity index (χ1n) is 8.46. The maximum Gasteiger partial charge on any atom is 0.191 e. The van der Waals surface area contributed by atoms with Crippen LogP contribution in [0.2, 0.25) is 0 Å². The van der Waals surface area contributed by atoms with Gasteiger partial charge in [0.05, 0.1) is 11.4 Å². The van der Waals surface area contributed by atoms with E-state index in [1.54, 1.807) is 18.1 Å². The summed E-state index contributed by atoms with van der Waals surface area (Å²) in [5.41, 5.74) is 5.54. The molecule has 8 heteroatoms. The monoisotopic (exact) mass is 352 g/mol. The maximum absolute atomic E-state index is 4.44. The molecule has 0 aliphatic carbocycles. The number of hydrogen-bond donors (Lipinski definition) is 2. The number of aromatic nitrogens is 5. The third-order valence-electron chi connectivity index (χ3n) is 4.39. The van der Waals surface area contributed by atoms with E-state index < -0.39 is 0 Å². The summed E-state index contributed by atoms with van der Waals surface area (Å²) in [6.07, 6.45) is 3.21. The minimum absolute atomic E-state index is 0.683. The second-order valence-electron chi connectivity index (χ2n) is 6.06. The smallest absolute Gasteiger partial charge is 0.191 e. The molecule has 0 aliphatic rings. The Labute approximate surface area is 153 Å². The molecule has 0 bridgehead atoms. The average molecular weight is 352 g/mol. The lowest BCUT2D eigenvalue weighted by molar-refractivity contribution is 0.728. The SMILES string of the molecule is CN=C(NCc1ccc(-n2cncn2)cc1)NCc1c(C)nn(C)c1C. The van der Waals surface area contributed by atoms with Crippen molar-refractivity contribution in [2.45, 2.75) is 26.9 Å². The van der Waals surface area contributed by atoms with Crippen LogP contribution in [0.25, 0.3) is 5.69 Å². The van der Waals surface area contributed by atoms with E-state index in [1.165, 1.54) is 11.9 Å². The number of guanidine groups is 1. The summed E-state index contributed by atoms with van der Waals surface area (Å²) in [4.78, 5) is 8.25. The Morgan fingerprint density at radius 2 is 1.85 bits per heavy atom. The molecule has 2 aromatic heterocycles. The first-order chi connectivity index (χ1) is 12.6. The van der Waals surface area contributed by atoms with Crippen LogP contribution in [0.3, 0.4) is 0 Å². The van der Waals surface area contributed by atoms with Crippen LogP contribution in [0.5, 0.6) is 0 Å². The highest BCUT2D eigenvalue weighted by Crippen LogP contribution is 2.11. The third kappa shape index (κ3) is 3.90. The normalized spacial score (nSPS) is 11.6. The number of rotatable bonds is 5. The van der Waals surface area contributed by atoms with Crippen molar-refractivity contribution in [2.75, 3.05) is 7.05 Å². The van der Waals surface area contributed by atoms with E-state index in [2.05, 4.69) is 49.9 Å². The highest BCUT2D eigenvalue weighted by atomic mass is 15.3. The van der Waals surface area contributed by atoms with Gasteiger partial charge in [0.25, 0.3) is 0 Å². The standard InChI is InChI=1S/C18H24N8/c1-13-17(14(2)25(4)24-13)10-22-18(19-3)21-9-15-5-7-16(8-6-15)26-12-20-11-23-26/h5-8,11-12H,9-10H2,1-4H3,(H2,19,21,22). The van der Waals surface area contributed by atoms with Crippen molar-refractivity contribution < 1.29 is 0 Å². The predicted octanol–water partition coefficient (Wildman–Crippen LogP) is 1.48. The quantitative estimate of drug-likeness (QED) is 0.537. The van der Waals surface area contributed by atoms with E-state index in [1.807, 2.05) is 30.8 Å². The molecule has 0 fully saturated rings. The van der Waals surface area contributed by atoms with Gasteiger partial charge in [0, 0.05) is 38.4 Å². The highest BCUT2D eigenvalue weighted by Gasteiger charge is 2.09. The summed E-state index contributed by atoms with van der Waals surface area (Å²) >= 11 is 0. The van der Waals surface area contributed by atoms with Crippen molar-refractivity contribution in [3.63, 3.8) is 0 Å². The number of nitrogens with zero attached hydrogens (tertiary/aromatic N) is 6. The van der Waals surface area contributed by atoms with Crippen LogP contribution in [0.4, 0.5) is 0 Å². The number of hydrogen-bond acceptors (Lipinski definition) is 4. The lowest BCUT2D eigenvalue weighted by Gasteiger charge is -2.12. The number of nitrogens with one attached hydrogen (secondary N) is 2. The largest absolute Gasteiger partial charge is 0.352 e. The Bertz CT molecular complexity index is 875. The van der Waals surface area contributed by atoms with Gasteiger partial charge in [-0.3, -0.25) is 9.67 Å². The zero-order valence-corrected chi connectivity index (χ0v) is 15.6. The molecule has 3 rings (SSSR count). The Morgan fingerprint density at radius 1 is 1.12 bits per heavy atom. The molecule has 0 radical (unpaired) electrons. The molecule has 8 nitrogen and oxygen atoms in total. The number of aryl methyl sites for hydroxylation is 2. The fourth-order valence-electron chi connectivity index (χ4n) is 2.76. The van der Waals surface area contributed by atoms with Crippen LogP contribution in [0.1, 0.15) is 22.5 Å². The molecule has 136 valence electrons. The maximum atomic E-state index is 4.44. The lowest BCUT2D eigenvalue weighted by Crippen LogP contribution is -2.36. The van der Waals surface area contributed by atoms with Crippen molar-refractivity contribution in [1.82, 2.24) is 35.2 Å². The summed E-state index contributed by atoms with van der Waals surface area (Å²) in [6, 6.07) is 8.16. The fraction of sp³-hybridized carbons (Fsp3) is 0.333. The van der Waals surface area contributed by atoms with Crippen molar-refractivity contribution in [2.24, 2.45) is 12.0 Å². The van der Waals surface area contributed by atoms with E-state index >= 15 is 0 Å². The van der Waals surface area contributed by atoms with Gasteiger partial charge in [-0.2, -0.15) is 10.2 Å². The molecule has 26 heavy (non-hydrogen) atoms. The Morgan fingerprint density at radius 3 is 2.42 bits per heavy atom. The van der Waals surface area contributed by atoms with Gasteiger partial charge in [-0.25, -0.2) is 9.67 Å². The second-order valence-corrected chi connectivity index (χ2v) is 6.06. The van der Waals surface area contributed by atoms with Crippen LogP contribution in [0, 0.1) is 13.8 Å². The van der Waals surface area contributed by atoms with Crippen molar-refractivity contribution in [1.29, 1.82) is 0 Å². The van der Waals surface area contributed by atoms with Gasteiger partial charge in [0.2, 0.25) is 0 Å². The van der Waals surface area contributed by atoms with Gasteiger partial charge in [0.15, 0.2) is 5.96 Å². The average Bonchev–Trinajstić information content (AvgIpc) is 3.26. The third-order valence-corrected chi connectivity index (χ3v) is 4.39. The molecule has 0 saturated heterocycles. The Balaban J connectivity index is 1.56. The molecule has 1 aromatic carbocycles. The van der Waals surface area contributed by atoms with Gasteiger partial charge in [-0.15, -0.1) is 0 Å². The van der Waals surface area contributed by atoms with Crippen molar-refractivity contribution >= 4 is 5.96 Å². The van der Waals surface area contributed by atoms with Crippen molar-refractivity contribution in [3.05, 3.63) is 59.4 Å². The van der Waals surface area contributed by atoms with E-state index in [9.17, 15) is 0 Å². The molecular weight excluding hydrogens is 328 g/mol. The summed E-state index contributed by atoms with van der Waals surface area (Å²) in [6.45, 7) is 5.47. The van der Waals surface area contributed by atoms with E-state index in [4.69, 9.17) is 0 Å². The molecule has 2 heterocycles. The van der Waals surface area contributed by atoms with E-state index in [-0.39, 0.29) is 0 Å². The summed E-state index contributed by atoms with van der Waals surface area (Å²) < 4.78 is 3.63. The second kappa shape index (κ2) is 7.81. The first-order valence-corrected chi connectivity index (χ1v) is 8.46. The van der Waals surface area contributed by atoms with Gasteiger partial charge < -0.3 is 10.6 Å². The van der Waals surface area contributed by atoms with Gasteiger partial charge in [0.1, 0.15) is 12.7 Å². The Kier molecular flexibility index (Phi) is 5.31. The van der Waals surface area contributed by atoms with Crippen LogP contribution in [0.15, 0.2) is 41.9 Å². The molecular formula is C18H24N8. The van der Waals surface area contributed by atoms with Crippen LogP contribution in [-0.4, -0.2) is 37.6 Å². The van der Waals surface area contributed by atoms with Crippen LogP contribution < -0.4 is 10.6 Å². The highest BCUT2D eigenvalue weighted by molar-refractivity contribution is 5.79. The van der Waals surface area contributed by atoms with Crippen LogP contribution in [-0.2, 0) is 20.1 Å². The minimum atomic E-state index is 0.683. The molecule has 0 aliphatic heterocycles. The van der Waals surface area contributed by atoms with Gasteiger partial charge in [-0.05, 0) is 31.5 Å². The molecule has 3 aromatic rings. The molecule has 0 amide bonds. The summed E-state index contributed by atoms with van der Waals surface area (Å²) in [5.74, 6) is 0.757. The minimum Gasteiger partial charge on any atom is -0.352 e. The predicted molar refractivity (Wildman–Crippen MR) is 101 cm³/mol. The fourth-order valence-corrected chi connectivity index (χ4v) is 2.76. The van der Waals surface area contributed by atoms with E-state index in [0.717, 1.165) is 28.6 Å². The molecule has 0 saturated carbocycles. The topological polar surface area (TPSA) is 84.9 Å². The first kappa shape index (κ1) is 17.7. The lowest BCUT2D eigenvalue weighted by atomic mass is 10.2. The zero-order chi connectivity index (χ0) is 18.5. The van der Waals surface area contributed by atoms with E-state index in [0.29, 0.717) is 13.1 Å². The zero-order valence-electron chi connectivity index (χ0n) is 15.6.